The fraction of sp³-hybridized carbons (Fsp3) is 0.440. The summed E-state index contributed by atoms with van der Waals surface area (Å²) in [7, 11) is 0. The van der Waals surface area contributed by atoms with Crippen LogP contribution in [0.25, 0.3) is 22.5 Å². The fourth-order valence-corrected chi connectivity index (χ4v) is 5.81. The number of aryl methyl sites for hydroxylation is 1. The molecule has 3 aliphatic heterocycles. The van der Waals surface area contributed by atoms with Crippen molar-refractivity contribution in [2.75, 3.05) is 11.4 Å². The molecule has 7 nitrogen and oxygen atoms in total. The Morgan fingerprint density at radius 2 is 1.82 bits per heavy atom. The molecule has 0 unspecified atom stereocenters. The molecular formula is C25H26F2N6O. The molecule has 1 aromatic carbocycles. The van der Waals surface area contributed by atoms with E-state index in [0.29, 0.717) is 29.8 Å². The lowest BCUT2D eigenvalue weighted by Gasteiger charge is -2.47. The monoisotopic (exact) mass is 464 g/mol. The van der Waals surface area contributed by atoms with Gasteiger partial charge in [0, 0.05) is 54.8 Å². The Bertz CT molecular complexity index is 1190. The molecule has 2 bridgehead atoms. The number of fused-ring (bicyclic) bond motifs is 3. The number of nitrogens with zero attached hydrogens (tertiary/aromatic N) is 5. The summed E-state index contributed by atoms with van der Waals surface area (Å²) in [5, 5.41) is 31.1. The molecule has 0 spiro atoms. The van der Waals surface area contributed by atoms with Gasteiger partial charge in [-0.1, -0.05) is 6.07 Å². The van der Waals surface area contributed by atoms with Gasteiger partial charge in [-0.05, 0) is 61.6 Å². The highest BCUT2D eigenvalue weighted by Crippen LogP contribution is 2.40. The minimum absolute atomic E-state index is 0.0881. The summed E-state index contributed by atoms with van der Waals surface area (Å²) in [6, 6.07) is 10.9. The average molecular weight is 465 g/mol. The molecule has 0 radical (unpaired) electrons. The largest absolute Gasteiger partial charge is 0.507 e. The van der Waals surface area contributed by atoms with Crippen molar-refractivity contribution in [3.05, 3.63) is 48.2 Å². The van der Waals surface area contributed by atoms with Crippen LogP contribution in [0.3, 0.4) is 0 Å². The number of aromatic nitrogens is 4. The summed E-state index contributed by atoms with van der Waals surface area (Å²) in [6.07, 6.45) is 4.67. The minimum Gasteiger partial charge on any atom is -0.507 e. The van der Waals surface area contributed by atoms with Gasteiger partial charge in [-0.25, -0.2) is 8.78 Å². The van der Waals surface area contributed by atoms with Crippen LogP contribution in [0.2, 0.25) is 0 Å². The van der Waals surface area contributed by atoms with Crippen molar-refractivity contribution in [1.29, 1.82) is 0 Å². The number of nitrogens with one attached hydrogen (secondary N) is 1. The SMILES string of the molecule is Oc1cc(-c2cccnn2)ccc1-c1cc2c(nn1)N([C@H]1C[C@@H]3CC(F)(F)C[C@H](C1)N3)CCC2. The highest BCUT2D eigenvalue weighted by molar-refractivity contribution is 5.73. The van der Waals surface area contributed by atoms with Gasteiger partial charge in [-0.3, -0.25) is 0 Å². The van der Waals surface area contributed by atoms with Gasteiger partial charge < -0.3 is 15.3 Å². The van der Waals surface area contributed by atoms with Crippen LogP contribution in [0.5, 0.6) is 5.75 Å². The molecular weight excluding hydrogens is 438 g/mol. The maximum absolute atomic E-state index is 14.0. The second kappa shape index (κ2) is 8.23. The molecule has 3 atom stereocenters. The maximum atomic E-state index is 14.0. The van der Waals surface area contributed by atoms with Gasteiger partial charge in [0.1, 0.15) is 5.75 Å². The molecule has 6 rings (SSSR count). The normalized spacial score (nSPS) is 25.6. The van der Waals surface area contributed by atoms with E-state index in [9.17, 15) is 13.9 Å². The van der Waals surface area contributed by atoms with Crippen LogP contribution in [0, 0.1) is 0 Å². The highest BCUT2D eigenvalue weighted by atomic mass is 19.3. The number of phenolic OH excluding ortho intramolecular Hbond substituents is 1. The lowest BCUT2D eigenvalue weighted by Crippen LogP contribution is -2.59. The van der Waals surface area contributed by atoms with Crippen molar-refractivity contribution in [3.63, 3.8) is 0 Å². The lowest BCUT2D eigenvalue weighted by atomic mass is 9.81. The van der Waals surface area contributed by atoms with E-state index in [1.54, 1.807) is 18.3 Å². The zero-order valence-electron chi connectivity index (χ0n) is 18.7. The van der Waals surface area contributed by atoms with E-state index in [4.69, 9.17) is 0 Å². The number of piperidine rings is 2. The predicted octanol–water partition coefficient (Wildman–Crippen LogP) is 3.98. The topological polar surface area (TPSA) is 87.1 Å². The van der Waals surface area contributed by atoms with Crippen LogP contribution < -0.4 is 10.2 Å². The quantitative estimate of drug-likeness (QED) is 0.606. The van der Waals surface area contributed by atoms with E-state index in [2.05, 4.69) is 30.6 Å². The molecule has 2 aromatic heterocycles. The summed E-state index contributed by atoms with van der Waals surface area (Å²) in [6.45, 7) is 0.861. The minimum atomic E-state index is -2.56. The lowest BCUT2D eigenvalue weighted by molar-refractivity contribution is -0.0670. The zero-order valence-corrected chi connectivity index (χ0v) is 18.7. The number of aromatic hydroxyl groups is 1. The van der Waals surface area contributed by atoms with Crippen molar-refractivity contribution < 1.29 is 13.9 Å². The van der Waals surface area contributed by atoms with Gasteiger partial charge in [-0.15, -0.1) is 10.2 Å². The van der Waals surface area contributed by atoms with Gasteiger partial charge in [0.15, 0.2) is 5.82 Å². The summed E-state index contributed by atoms with van der Waals surface area (Å²) in [5.74, 6) is -1.61. The second-order valence-electron chi connectivity index (χ2n) is 9.67. The molecule has 3 aliphatic rings. The first-order valence-electron chi connectivity index (χ1n) is 11.8. The van der Waals surface area contributed by atoms with E-state index in [1.807, 2.05) is 24.3 Å². The molecule has 0 saturated carbocycles. The predicted molar refractivity (Wildman–Crippen MR) is 124 cm³/mol. The molecule has 0 aliphatic carbocycles. The molecule has 3 aromatic rings. The van der Waals surface area contributed by atoms with E-state index in [-0.39, 0.29) is 36.7 Å². The van der Waals surface area contributed by atoms with Crippen LogP contribution in [-0.4, -0.2) is 56.1 Å². The van der Waals surface area contributed by atoms with E-state index in [1.165, 1.54) is 0 Å². The van der Waals surface area contributed by atoms with E-state index < -0.39 is 5.92 Å². The van der Waals surface area contributed by atoms with Crippen molar-refractivity contribution in [2.45, 2.75) is 62.6 Å². The van der Waals surface area contributed by atoms with Crippen molar-refractivity contribution >= 4 is 5.82 Å². The number of rotatable bonds is 3. The van der Waals surface area contributed by atoms with E-state index >= 15 is 0 Å². The number of alkyl halides is 2. The van der Waals surface area contributed by atoms with Crippen LogP contribution >= 0.6 is 0 Å². The van der Waals surface area contributed by atoms with Crippen LogP contribution in [0.15, 0.2) is 42.6 Å². The van der Waals surface area contributed by atoms with Crippen LogP contribution in [0.1, 0.15) is 37.7 Å². The number of phenols is 1. The van der Waals surface area contributed by atoms with Gasteiger partial charge >= 0.3 is 0 Å². The molecule has 176 valence electrons. The number of anilines is 1. The van der Waals surface area contributed by atoms with Crippen molar-refractivity contribution in [2.24, 2.45) is 0 Å². The Balaban J connectivity index is 1.26. The Kier molecular flexibility index (Phi) is 5.17. The third-order valence-corrected chi connectivity index (χ3v) is 7.22. The summed E-state index contributed by atoms with van der Waals surface area (Å²) in [5.41, 5.74) is 3.77. The van der Waals surface area contributed by atoms with Gasteiger partial charge in [0.25, 0.3) is 5.92 Å². The number of benzene rings is 1. The molecule has 9 heteroatoms. The maximum Gasteiger partial charge on any atom is 0.251 e. The third kappa shape index (κ3) is 3.98. The van der Waals surface area contributed by atoms with Gasteiger partial charge in [-0.2, -0.15) is 10.2 Å². The second-order valence-corrected chi connectivity index (χ2v) is 9.67. The average Bonchev–Trinajstić information content (AvgIpc) is 2.82. The van der Waals surface area contributed by atoms with Gasteiger partial charge in [0.05, 0.1) is 11.4 Å². The first-order chi connectivity index (χ1) is 16.4. The van der Waals surface area contributed by atoms with Crippen LogP contribution in [-0.2, 0) is 6.42 Å². The Labute approximate surface area is 196 Å². The van der Waals surface area contributed by atoms with Crippen molar-refractivity contribution in [1.82, 2.24) is 25.7 Å². The van der Waals surface area contributed by atoms with Crippen molar-refractivity contribution in [3.8, 4) is 28.3 Å². The summed E-state index contributed by atoms with van der Waals surface area (Å²) in [4.78, 5) is 2.27. The summed E-state index contributed by atoms with van der Waals surface area (Å²) < 4.78 is 28.0. The van der Waals surface area contributed by atoms with Crippen LogP contribution in [0.4, 0.5) is 14.6 Å². The molecule has 5 heterocycles. The molecule has 34 heavy (non-hydrogen) atoms. The molecule has 2 saturated heterocycles. The molecule has 2 fully saturated rings. The standard InChI is InChI=1S/C25H26F2N6O/c26-25(27)13-17-11-19(12-18(14-25)29-17)33-8-2-3-16-9-22(31-32-24(16)33)20-6-5-15(10-23(20)34)21-4-1-7-28-30-21/h1,4-7,9-10,17-19,29,34H,2-3,8,11-14H2/t17-,18+,19+. The zero-order chi connectivity index (χ0) is 23.3. The summed E-state index contributed by atoms with van der Waals surface area (Å²) >= 11 is 0. The first-order valence-corrected chi connectivity index (χ1v) is 11.8. The molecule has 0 amide bonds. The first kappa shape index (κ1) is 21.3. The Morgan fingerprint density at radius 3 is 2.56 bits per heavy atom. The fourth-order valence-electron chi connectivity index (χ4n) is 5.81. The van der Waals surface area contributed by atoms with E-state index in [0.717, 1.165) is 36.3 Å². The Morgan fingerprint density at radius 1 is 1.00 bits per heavy atom. The number of hydrogen-bond donors (Lipinski definition) is 2. The van der Waals surface area contributed by atoms with Gasteiger partial charge in [0.2, 0.25) is 0 Å². The Hall–Kier alpha value is -3.20. The third-order valence-electron chi connectivity index (χ3n) is 7.22. The number of halogens is 2. The number of hydrogen-bond acceptors (Lipinski definition) is 7. The smallest absolute Gasteiger partial charge is 0.251 e. The highest BCUT2D eigenvalue weighted by Gasteiger charge is 2.46. The molecule has 2 N–H and O–H groups in total.